The Morgan fingerprint density at radius 2 is 2.18 bits per heavy atom. The van der Waals surface area contributed by atoms with Crippen molar-refractivity contribution in [1.82, 2.24) is 0 Å². The summed E-state index contributed by atoms with van der Waals surface area (Å²) in [5.74, 6) is -2.32. The predicted molar refractivity (Wildman–Crippen MR) is 60.8 cm³/mol. The summed E-state index contributed by atoms with van der Waals surface area (Å²) < 4.78 is 39.3. The second-order valence-corrected chi connectivity index (χ2v) is 5.04. The minimum atomic E-state index is -4.01. The topological polar surface area (TPSA) is 60.4 Å². The molecule has 1 aromatic carbocycles. The maximum absolute atomic E-state index is 12.8. The Balaban J connectivity index is 2.91. The van der Waals surface area contributed by atoms with E-state index in [1.54, 1.807) is 0 Å². The number of carbonyl (C=O) groups excluding carboxylic acids is 1. The summed E-state index contributed by atoms with van der Waals surface area (Å²) in [5, 5.41) is -0.291. The average Bonchev–Trinajstić information content (AvgIpc) is 2.21. The molecule has 0 spiro atoms. The third-order valence-corrected chi connectivity index (χ3v) is 3.02. The maximum Gasteiger partial charge on any atom is 0.353 e. The number of halogens is 2. The molecule has 0 aliphatic heterocycles. The van der Waals surface area contributed by atoms with Crippen LogP contribution in [0, 0.1) is 5.82 Å². The average molecular weight is 279 g/mol. The van der Waals surface area contributed by atoms with Gasteiger partial charge >= 0.3 is 16.1 Å². The van der Waals surface area contributed by atoms with E-state index in [0.29, 0.717) is 0 Å². The van der Waals surface area contributed by atoms with Gasteiger partial charge in [0.1, 0.15) is 11.6 Å². The number of benzene rings is 1. The molecule has 7 heteroatoms. The molecule has 1 rings (SSSR count). The van der Waals surface area contributed by atoms with E-state index in [0.717, 1.165) is 24.3 Å². The quantitative estimate of drug-likeness (QED) is 0.625. The molecule has 0 aliphatic rings. The van der Waals surface area contributed by atoms with E-state index in [1.807, 2.05) is 0 Å². The van der Waals surface area contributed by atoms with Crippen molar-refractivity contribution in [2.45, 2.75) is 0 Å². The summed E-state index contributed by atoms with van der Waals surface area (Å²) in [7, 11) is -4.01. The monoisotopic (exact) mass is 278 g/mol. The molecule has 0 aliphatic carbocycles. The van der Waals surface area contributed by atoms with Crippen molar-refractivity contribution in [3.63, 3.8) is 0 Å². The van der Waals surface area contributed by atoms with E-state index in [-0.39, 0.29) is 10.6 Å². The SMILES string of the molecule is C=CCS(=O)(=O)OC(=O)c1ccc(F)c(Cl)c1. The van der Waals surface area contributed by atoms with Crippen molar-refractivity contribution >= 4 is 27.7 Å². The van der Waals surface area contributed by atoms with Gasteiger partial charge in [-0.3, -0.25) is 0 Å². The van der Waals surface area contributed by atoms with Gasteiger partial charge in [0.05, 0.1) is 10.6 Å². The van der Waals surface area contributed by atoms with Gasteiger partial charge in [-0.15, -0.1) is 6.58 Å². The van der Waals surface area contributed by atoms with Crippen molar-refractivity contribution in [2.24, 2.45) is 0 Å². The fraction of sp³-hybridized carbons (Fsp3) is 0.100. The van der Waals surface area contributed by atoms with Gasteiger partial charge in [0, 0.05) is 0 Å². The van der Waals surface area contributed by atoms with Crippen molar-refractivity contribution in [3.8, 4) is 0 Å². The van der Waals surface area contributed by atoms with E-state index >= 15 is 0 Å². The minimum absolute atomic E-state index is 0.149. The highest BCUT2D eigenvalue weighted by Gasteiger charge is 2.18. The fourth-order valence-corrected chi connectivity index (χ4v) is 1.83. The standard InChI is InChI=1S/C10H8ClFO4S/c1-2-5-17(14,15)16-10(13)7-3-4-9(12)8(11)6-7/h2-4,6H,1,5H2. The molecule has 92 valence electrons. The van der Waals surface area contributed by atoms with Crippen LogP contribution in [0.15, 0.2) is 30.9 Å². The first-order chi connectivity index (χ1) is 7.85. The van der Waals surface area contributed by atoms with Gasteiger partial charge in [-0.2, -0.15) is 8.42 Å². The zero-order valence-electron chi connectivity index (χ0n) is 8.52. The Bertz CT molecular complexity index is 553. The summed E-state index contributed by atoms with van der Waals surface area (Å²) in [4.78, 5) is 11.4. The molecular formula is C10H8ClFO4S. The van der Waals surface area contributed by atoms with Crippen LogP contribution in [0.2, 0.25) is 5.02 Å². The summed E-state index contributed by atoms with van der Waals surface area (Å²) in [6, 6.07) is 3.01. The lowest BCUT2D eigenvalue weighted by Crippen LogP contribution is -2.15. The Morgan fingerprint density at radius 1 is 1.53 bits per heavy atom. The number of rotatable bonds is 4. The molecule has 0 unspecified atom stereocenters. The summed E-state index contributed by atoms with van der Waals surface area (Å²) in [6.07, 6.45) is 1.08. The van der Waals surface area contributed by atoms with Crippen LogP contribution in [0.3, 0.4) is 0 Å². The minimum Gasteiger partial charge on any atom is -0.341 e. The van der Waals surface area contributed by atoms with Gasteiger partial charge in [-0.25, -0.2) is 9.18 Å². The van der Waals surface area contributed by atoms with E-state index in [9.17, 15) is 17.6 Å². The van der Waals surface area contributed by atoms with E-state index < -0.39 is 27.7 Å². The van der Waals surface area contributed by atoms with Crippen molar-refractivity contribution in [2.75, 3.05) is 5.75 Å². The second kappa shape index (κ2) is 5.29. The molecule has 1 aromatic rings. The molecule has 0 amide bonds. The molecule has 0 atom stereocenters. The molecular weight excluding hydrogens is 271 g/mol. The van der Waals surface area contributed by atoms with Crippen LogP contribution in [-0.2, 0) is 14.3 Å². The molecule has 0 saturated heterocycles. The Labute approximate surface area is 103 Å². The largest absolute Gasteiger partial charge is 0.353 e. The molecule has 0 saturated carbocycles. The molecule has 4 nitrogen and oxygen atoms in total. The molecule has 0 fully saturated rings. The third-order valence-electron chi connectivity index (χ3n) is 1.68. The van der Waals surface area contributed by atoms with Gasteiger partial charge in [0.15, 0.2) is 0 Å². The van der Waals surface area contributed by atoms with Gasteiger partial charge < -0.3 is 4.18 Å². The molecule has 0 N–H and O–H groups in total. The van der Waals surface area contributed by atoms with Gasteiger partial charge in [-0.05, 0) is 18.2 Å². The number of carbonyl (C=O) groups is 1. The van der Waals surface area contributed by atoms with Crippen molar-refractivity contribution in [3.05, 3.63) is 47.3 Å². The van der Waals surface area contributed by atoms with E-state index in [1.165, 1.54) is 0 Å². The van der Waals surface area contributed by atoms with Crippen LogP contribution < -0.4 is 0 Å². The van der Waals surface area contributed by atoms with Gasteiger partial charge in [-0.1, -0.05) is 17.7 Å². The predicted octanol–water partition coefficient (Wildman–Crippen LogP) is 2.15. The van der Waals surface area contributed by atoms with E-state index in [4.69, 9.17) is 11.6 Å². The number of hydrogen-bond donors (Lipinski definition) is 0. The molecule has 0 radical (unpaired) electrons. The van der Waals surface area contributed by atoms with E-state index in [2.05, 4.69) is 10.8 Å². The van der Waals surface area contributed by atoms with Crippen molar-refractivity contribution in [1.29, 1.82) is 0 Å². The normalized spacial score (nSPS) is 10.9. The Morgan fingerprint density at radius 3 is 2.71 bits per heavy atom. The first kappa shape index (κ1) is 13.7. The molecule has 0 aromatic heterocycles. The van der Waals surface area contributed by atoms with Crippen LogP contribution in [0.1, 0.15) is 10.4 Å². The second-order valence-electron chi connectivity index (χ2n) is 3.01. The first-order valence-electron chi connectivity index (χ1n) is 4.38. The molecule has 17 heavy (non-hydrogen) atoms. The highest BCUT2D eigenvalue weighted by Crippen LogP contribution is 2.17. The lowest BCUT2D eigenvalue weighted by atomic mass is 10.2. The molecule has 0 bridgehead atoms. The highest BCUT2D eigenvalue weighted by atomic mass is 35.5. The Kier molecular flexibility index (Phi) is 4.25. The van der Waals surface area contributed by atoms with Crippen molar-refractivity contribution < 1.29 is 21.8 Å². The fourth-order valence-electron chi connectivity index (χ4n) is 0.965. The zero-order chi connectivity index (χ0) is 13.1. The van der Waals surface area contributed by atoms with Crippen LogP contribution >= 0.6 is 11.6 Å². The van der Waals surface area contributed by atoms with Gasteiger partial charge in [0.2, 0.25) is 0 Å². The van der Waals surface area contributed by atoms with Crippen LogP contribution in [0.4, 0.5) is 4.39 Å². The molecule has 0 heterocycles. The summed E-state index contributed by atoms with van der Waals surface area (Å²) >= 11 is 5.44. The maximum atomic E-state index is 12.8. The Hall–Kier alpha value is -1.40. The van der Waals surface area contributed by atoms with Crippen LogP contribution in [-0.4, -0.2) is 20.1 Å². The summed E-state index contributed by atoms with van der Waals surface area (Å²) in [6.45, 7) is 3.21. The van der Waals surface area contributed by atoms with Gasteiger partial charge in [0.25, 0.3) is 0 Å². The first-order valence-corrected chi connectivity index (χ1v) is 6.33. The van der Waals surface area contributed by atoms with Crippen LogP contribution in [0.25, 0.3) is 0 Å². The smallest absolute Gasteiger partial charge is 0.341 e. The number of hydrogen-bond acceptors (Lipinski definition) is 4. The zero-order valence-corrected chi connectivity index (χ0v) is 10.1. The summed E-state index contributed by atoms with van der Waals surface area (Å²) in [5.41, 5.74) is -0.149. The highest BCUT2D eigenvalue weighted by molar-refractivity contribution is 7.87. The third kappa shape index (κ3) is 3.83. The van der Waals surface area contributed by atoms with Crippen LogP contribution in [0.5, 0.6) is 0 Å². The lowest BCUT2D eigenvalue weighted by molar-refractivity contribution is 0.0747. The lowest BCUT2D eigenvalue weighted by Gasteiger charge is -2.04.